The van der Waals surface area contributed by atoms with Crippen LogP contribution in [0, 0.1) is 0 Å². The molecule has 154 valence electrons. The molecule has 2 aromatic heterocycles. The maximum absolute atomic E-state index is 13.2. The number of carbonyl (C=O) groups is 1. The third kappa shape index (κ3) is 3.34. The number of nitrogen functional groups attached to an aromatic ring is 1. The number of aromatic amines is 1. The van der Waals surface area contributed by atoms with E-state index < -0.39 is 0 Å². The highest BCUT2D eigenvalue weighted by atomic mass is 16.5. The number of fused-ring (bicyclic) bond motifs is 2. The standard InChI is InChI=1S/C26H23N3O2/c1-2-31-26(30)25-24(19-8-10-22-18(14-19)12-13-28-22)21-15-20(27)9-11-23(21)29(25)16-17-6-4-3-5-7-17/h3-15,28H,2,16,27H2,1H3. The van der Waals surface area contributed by atoms with E-state index in [0.29, 0.717) is 24.5 Å². The van der Waals surface area contributed by atoms with Gasteiger partial charge in [-0.1, -0.05) is 36.4 Å². The second kappa shape index (κ2) is 7.69. The van der Waals surface area contributed by atoms with E-state index in [0.717, 1.165) is 38.5 Å². The highest BCUT2D eigenvalue weighted by molar-refractivity contribution is 6.10. The lowest BCUT2D eigenvalue weighted by Gasteiger charge is -2.12. The Morgan fingerprint density at radius 2 is 1.87 bits per heavy atom. The molecule has 5 rings (SSSR count). The van der Waals surface area contributed by atoms with Crippen molar-refractivity contribution in [2.45, 2.75) is 13.5 Å². The van der Waals surface area contributed by atoms with E-state index in [1.807, 2.05) is 72.3 Å². The number of esters is 1. The molecular weight excluding hydrogens is 386 g/mol. The Kier molecular flexibility index (Phi) is 4.71. The van der Waals surface area contributed by atoms with E-state index in [9.17, 15) is 4.79 Å². The molecule has 0 aliphatic carbocycles. The summed E-state index contributed by atoms with van der Waals surface area (Å²) in [5.41, 5.74) is 12.3. The molecule has 0 unspecified atom stereocenters. The van der Waals surface area contributed by atoms with Gasteiger partial charge in [-0.3, -0.25) is 0 Å². The number of ether oxygens (including phenoxy) is 1. The van der Waals surface area contributed by atoms with Crippen LogP contribution in [0.2, 0.25) is 0 Å². The van der Waals surface area contributed by atoms with Crippen LogP contribution in [0.25, 0.3) is 32.9 Å². The van der Waals surface area contributed by atoms with Crippen molar-refractivity contribution in [3.8, 4) is 11.1 Å². The number of nitrogens with one attached hydrogen (secondary N) is 1. The predicted molar refractivity (Wildman–Crippen MR) is 125 cm³/mol. The van der Waals surface area contributed by atoms with Crippen LogP contribution in [0.3, 0.4) is 0 Å². The lowest BCUT2D eigenvalue weighted by Crippen LogP contribution is -2.14. The van der Waals surface area contributed by atoms with Crippen molar-refractivity contribution >= 4 is 33.5 Å². The molecule has 31 heavy (non-hydrogen) atoms. The molecule has 0 saturated carbocycles. The molecule has 0 radical (unpaired) electrons. The molecule has 0 atom stereocenters. The number of H-pyrrole nitrogens is 1. The van der Waals surface area contributed by atoms with Crippen LogP contribution >= 0.6 is 0 Å². The number of anilines is 1. The zero-order valence-electron chi connectivity index (χ0n) is 17.3. The van der Waals surface area contributed by atoms with Crippen molar-refractivity contribution in [2.75, 3.05) is 12.3 Å². The number of rotatable bonds is 5. The van der Waals surface area contributed by atoms with Gasteiger partial charge >= 0.3 is 5.97 Å². The Labute approximate surface area is 180 Å². The van der Waals surface area contributed by atoms with Gasteiger partial charge in [0.05, 0.1) is 6.61 Å². The Hall–Kier alpha value is -3.99. The van der Waals surface area contributed by atoms with E-state index in [1.165, 1.54) is 0 Å². The van der Waals surface area contributed by atoms with Gasteiger partial charge in [0, 0.05) is 40.4 Å². The summed E-state index contributed by atoms with van der Waals surface area (Å²) in [5.74, 6) is -0.336. The Balaban J connectivity index is 1.82. The Morgan fingerprint density at radius 3 is 2.68 bits per heavy atom. The number of benzene rings is 3. The van der Waals surface area contributed by atoms with Crippen molar-refractivity contribution in [1.29, 1.82) is 0 Å². The van der Waals surface area contributed by atoms with Crippen LogP contribution in [0.5, 0.6) is 0 Å². The summed E-state index contributed by atoms with van der Waals surface area (Å²) in [5, 5.41) is 2.02. The molecule has 5 nitrogen and oxygen atoms in total. The normalized spacial score (nSPS) is 11.3. The lowest BCUT2D eigenvalue weighted by molar-refractivity contribution is 0.0516. The van der Waals surface area contributed by atoms with E-state index >= 15 is 0 Å². The molecule has 0 fully saturated rings. The van der Waals surface area contributed by atoms with E-state index in [-0.39, 0.29) is 5.97 Å². The van der Waals surface area contributed by atoms with Gasteiger partial charge in [-0.25, -0.2) is 4.79 Å². The first-order valence-corrected chi connectivity index (χ1v) is 10.4. The monoisotopic (exact) mass is 409 g/mol. The summed E-state index contributed by atoms with van der Waals surface area (Å²) in [6, 6.07) is 24.1. The molecule has 0 spiro atoms. The first-order valence-electron chi connectivity index (χ1n) is 10.4. The minimum atomic E-state index is -0.336. The average Bonchev–Trinajstić information content (AvgIpc) is 3.36. The van der Waals surface area contributed by atoms with Crippen LogP contribution in [0.15, 0.2) is 79.0 Å². The minimum absolute atomic E-state index is 0.310. The summed E-state index contributed by atoms with van der Waals surface area (Å²) in [6.07, 6.45) is 1.91. The van der Waals surface area contributed by atoms with Gasteiger partial charge in [-0.05, 0) is 59.8 Å². The van der Waals surface area contributed by atoms with Crippen molar-refractivity contribution in [1.82, 2.24) is 9.55 Å². The van der Waals surface area contributed by atoms with E-state index in [2.05, 4.69) is 23.2 Å². The van der Waals surface area contributed by atoms with Crippen LogP contribution in [0.1, 0.15) is 23.0 Å². The molecule has 5 heteroatoms. The average molecular weight is 409 g/mol. The zero-order chi connectivity index (χ0) is 21.4. The lowest BCUT2D eigenvalue weighted by atomic mass is 10.00. The number of hydrogen-bond donors (Lipinski definition) is 2. The first-order chi connectivity index (χ1) is 15.2. The quantitative estimate of drug-likeness (QED) is 0.293. The Morgan fingerprint density at radius 1 is 1.03 bits per heavy atom. The number of nitrogens with two attached hydrogens (primary N) is 1. The SMILES string of the molecule is CCOC(=O)c1c(-c2ccc3[nH]ccc3c2)c2cc(N)ccc2n1Cc1ccccc1. The summed E-state index contributed by atoms with van der Waals surface area (Å²) in [6.45, 7) is 2.69. The highest BCUT2D eigenvalue weighted by Crippen LogP contribution is 2.38. The second-order valence-corrected chi connectivity index (χ2v) is 7.57. The van der Waals surface area contributed by atoms with Gasteiger partial charge in [0.25, 0.3) is 0 Å². The fraction of sp³-hybridized carbons (Fsp3) is 0.115. The molecule has 0 bridgehead atoms. The number of nitrogens with zero attached hydrogens (tertiary/aromatic N) is 1. The minimum Gasteiger partial charge on any atom is -0.461 e. The van der Waals surface area contributed by atoms with Crippen LogP contribution in [-0.2, 0) is 11.3 Å². The number of aromatic nitrogens is 2. The molecule has 5 aromatic rings. The van der Waals surface area contributed by atoms with Crippen molar-refractivity contribution in [2.24, 2.45) is 0 Å². The van der Waals surface area contributed by atoms with Crippen LogP contribution in [0.4, 0.5) is 5.69 Å². The summed E-state index contributed by atoms with van der Waals surface area (Å²) in [4.78, 5) is 16.5. The third-order valence-corrected chi connectivity index (χ3v) is 5.58. The van der Waals surface area contributed by atoms with E-state index in [1.54, 1.807) is 0 Å². The predicted octanol–water partition coefficient (Wildman–Crippen LogP) is 5.60. The van der Waals surface area contributed by atoms with Gasteiger partial charge in [-0.2, -0.15) is 0 Å². The highest BCUT2D eigenvalue weighted by Gasteiger charge is 2.25. The number of carbonyl (C=O) groups excluding carboxylic acids is 1. The fourth-order valence-electron chi connectivity index (χ4n) is 4.22. The summed E-state index contributed by atoms with van der Waals surface area (Å²) >= 11 is 0. The maximum Gasteiger partial charge on any atom is 0.355 e. The molecule has 0 aliphatic heterocycles. The molecule has 2 heterocycles. The second-order valence-electron chi connectivity index (χ2n) is 7.57. The Bertz CT molecular complexity index is 1400. The maximum atomic E-state index is 13.2. The molecule has 3 aromatic carbocycles. The molecule has 3 N–H and O–H groups in total. The molecule has 0 amide bonds. The zero-order valence-corrected chi connectivity index (χ0v) is 17.3. The molecule has 0 aliphatic rings. The van der Waals surface area contributed by atoms with Crippen molar-refractivity contribution in [3.05, 3.63) is 90.3 Å². The van der Waals surface area contributed by atoms with Gasteiger partial charge < -0.3 is 20.0 Å². The van der Waals surface area contributed by atoms with Crippen LogP contribution < -0.4 is 5.73 Å². The third-order valence-electron chi connectivity index (χ3n) is 5.58. The van der Waals surface area contributed by atoms with E-state index in [4.69, 9.17) is 10.5 Å². The first kappa shape index (κ1) is 19.0. The van der Waals surface area contributed by atoms with Crippen LogP contribution in [-0.4, -0.2) is 22.1 Å². The van der Waals surface area contributed by atoms with Gasteiger partial charge in [0.2, 0.25) is 0 Å². The molecular formula is C26H23N3O2. The summed E-state index contributed by atoms with van der Waals surface area (Å²) < 4.78 is 7.54. The smallest absolute Gasteiger partial charge is 0.355 e. The van der Waals surface area contributed by atoms with Gasteiger partial charge in [-0.15, -0.1) is 0 Å². The van der Waals surface area contributed by atoms with Crippen molar-refractivity contribution < 1.29 is 9.53 Å². The fourth-order valence-corrected chi connectivity index (χ4v) is 4.22. The largest absolute Gasteiger partial charge is 0.461 e. The van der Waals surface area contributed by atoms with Gasteiger partial charge in [0.15, 0.2) is 0 Å². The van der Waals surface area contributed by atoms with Gasteiger partial charge in [0.1, 0.15) is 5.69 Å². The molecule has 0 saturated heterocycles. The van der Waals surface area contributed by atoms with Crippen molar-refractivity contribution in [3.63, 3.8) is 0 Å². The summed E-state index contributed by atoms with van der Waals surface area (Å²) in [7, 11) is 0. The topological polar surface area (TPSA) is 73.0 Å². The number of hydrogen-bond acceptors (Lipinski definition) is 3.